The minimum atomic E-state index is -1.34. The lowest BCUT2D eigenvalue weighted by Gasteiger charge is -2.08. The molecule has 2 aromatic rings. The van der Waals surface area contributed by atoms with Gasteiger partial charge in [-0.1, -0.05) is 0 Å². The highest BCUT2D eigenvalue weighted by molar-refractivity contribution is 6.14. The molecule has 0 aliphatic heterocycles. The summed E-state index contributed by atoms with van der Waals surface area (Å²) in [5.41, 5.74) is 4.77. The molecule has 0 bridgehead atoms. The number of nitrogens with two attached hydrogens (primary N) is 2. The number of nitrogen functional groups attached to an aromatic ring is 2. The molecule has 14 nitrogen and oxygen atoms in total. The number of hydrogen-bond acceptors (Lipinski definition) is 10. The molecule has 0 atom stereocenters. The molecule has 0 amide bonds. The van der Waals surface area contributed by atoms with Gasteiger partial charge in [0.25, 0.3) is 0 Å². The van der Waals surface area contributed by atoms with E-state index in [9.17, 15) is 40.5 Å². The molecule has 24 heavy (non-hydrogen) atoms. The van der Waals surface area contributed by atoms with E-state index in [1.165, 1.54) is 0 Å². The standard InChI is InChI=1S/C10H6N6O8/c11-6-3-1-2-4(13(17)18)8(14(19)20)5(3)9(15(21)22)10(7(6)12)16(23)24/h1-2H,11-12H2. The Hall–Kier alpha value is -4.10. The van der Waals surface area contributed by atoms with Crippen LogP contribution >= 0.6 is 0 Å². The SMILES string of the molecule is Nc1c([N+](=O)[O-])c([N+](=O)[O-])c2c([N+](=O)[O-])c([N+](=O)[O-])ccc2c1N. The van der Waals surface area contributed by atoms with Crippen molar-refractivity contribution in [3.8, 4) is 0 Å². The van der Waals surface area contributed by atoms with Crippen LogP contribution < -0.4 is 11.5 Å². The van der Waals surface area contributed by atoms with Crippen molar-refractivity contribution in [1.82, 2.24) is 0 Å². The van der Waals surface area contributed by atoms with E-state index in [1.807, 2.05) is 0 Å². The second-order valence-electron chi connectivity index (χ2n) is 4.41. The fraction of sp³-hybridized carbons (Fsp3) is 0. The van der Waals surface area contributed by atoms with Gasteiger partial charge in [-0.25, -0.2) is 0 Å². The maximum atomic E-state index is 11.3. The molecule has 4 N–H and O–H groups in total. The van der Waals surface area contributed by atoms with Gasteiger partial charge in [-0.15, -0.1) is 0 Å². The third-order valence-electron chi connectivity index (χ3n) is 3.20. The number of anilines is 2. The summed E-state index contributed by atoms with van der Waals surface area (Å²) in [5, 5.41) is 43.3. The van der Waals surface area contributed by atoms with E-state index in [4.69, 9.17) is 11.5 Å². The van der Waals surface area contributed by atoms with Crippen molar-refractivity contribution < 1.29 is 19.7 Å². The topological polar surface area (TPSA) is 225 Å². The Kier molecular flexibility index (Phi) is 3.57. The van der Waals surface area contributed by atoms with Crippen molar-refractivity contribution in [1.29, 1.82) is 0 Å². The highest BCUT2D eigenvalue weighted by atomic mass is 16.6. The van der Waals surface area contributed by atoms with Crippen LogP contribution in [0, 0.1) is 40.5 Å². The van der Waals surface area contributed by atoms with Crippen LogP contribution in [0.3, 0.4) is 0 Å². The Balaban J connectivity index is 3.29. The number of nitro groups is 4. The van der Waals surface area contributed by atoms with Crippen molar-refractivity contribution in [2.45, 2.75) is 0 Å². The molecule has 0 spiro atoms. The van der Waals surface area contributed by atoms with E-state index in [2.05, 4.69) is 0 Å². The molecule has 124 valence electrons. The Morgan fingerprint density at radius 3 is 1.58 bits per heavy atom. The van der Waals surface area contributed by atoms with Gasteiger partial charge in [0.05, 0.1) is 25.4 Å². The van der Waals surface area contributed by atoms with Crippen LogP contribution in [0.1, 0.15) is 0 Å². The molecule has 0 saturated heterocycles. The second-order valence-corrected chi connectivity index (χ2v) is 4.41. The van der Waals surface area contributed by atoms with E-state index in [0.717, 1.165) is 6.07 Å². The molecule has 0 fully saturated rings. The van der Waals surface area contributed by atoms with Gasteiger partial charge in [0.15, 0.2) is 5.39 Å². The van der Waals surface area contributed by atoms with Gasteiger partial charge in [0.1, 0.15) is 5.69 Å². The average Bonchev–Trinajstić information content (AvgIpc) is 2.48. The summed E-state index contributed by atoms with van der Waals surface area (Å²) in [7, 11) is 0. The Labute approximate surface area is 129 Å². The molecule has 2 aromatic carbocycles. The van der Waals surface area contributed by atoms with Crippen LogP contribution in [0.4, 0.5) is 34.1 Å². The smallest absolute Gasteiger partial charge is 0.371 e. The van der Waals surface area contributed by atoms with E-state index >= 15 is 0 Å². The molecule has 2 rings (SSSR count). The predicted molar refractivity (Wildman–Crippen MR) is 79.4 cm³/mol. The van der Waals surface area contributed by atoms with Gasteiger partial charge in [0.2, 0.25) is 0 Å². The molecule has 0 radical (unpaired) electrons. The third kappa shape index (κ3) is 2.14. The van der Waals surface area contributed by atoms with E-state index in [-0.39, 0.29) is 5.39 Å². The van der Waals surface area contributed by atoms with Crippen molar-refractivity contribution in [3.05, 3.63) is 52.6 Å². The average molecular weight is 338 g/mol. The Morgan fingerprint density at radius 1 is 0.667 bits per heavy atom. The van der Waals surface area contributed by atoms with Crippen molar-refractivity contribution in [3.63, 3.8) is 0 Å². The summed E-state index contributed by atoms with van der Waals surface area (Å²) in [6.07, 6.45) is 0. The first kappa shape index (κ1) is 16.3. The summed E-state index contributed by atoms with van der Waals surface area (Å²) in [6.45, 7) is 0. The number of rotatable bonds is 4. The van der Waals surface area contributed by atoms with Gasteiger partial charge in [-0.3, -0.25) is 40.5 Å². The first-order valence-corrected chi connectivity index (χ1v) is 5.84. The zero-order valence-corrected chi connectivity index (χ0v) is 11.4. The molecule has 0 heterocycles. The Bertz CT molecular complexity index is 954. The van der Waals surface area contributed by atoms with E-state index < -0.39 is 59.2 Å². The quantitative estimate of drug-likeness (QED) is 0.465. The highest BCUT2D eigenvalue weighted by Gasteiger charge is 2.41. The number of hydrogen-bond donors (Lipinski definition) is 2. The fourth-order valence-electron chi connectivity index (χ4n) is 2.26. The van der Waals surface area contributed by atoms with Gasteiger partial charge >= 0.3 is 22.7 Å². The molecule has 0 unspecified atom stereocenters. The first-order chi connectivity index (χ1) is 11.1. The maximum Gasteiger partial charge on any atom is 0.371 e. The molecule has 0 saturated carbocycles. The molecular weight excluding hydrogens is 332 g/mol. The number of nitrogens with zero attached hydrogens (tertiary/aromatic N) is 4. The van der Waals surface area contributed by atoms with Gasteiger partial charge < -0.3 is 11.5 Å². The third-order valence-corrected chi connectivity index (χ3v) is 3.20. The summed E-state index contributed by atoms with van der Waals surface area (Å²) in [6, 6.07) is 1.62. The summed E-state index contributed by atoms with van der Waals surface area (Å²) < 4.78 is 0. The van der Waals surface area contributed by atoms with Crippen LogP contribution in [0.5, 0.6) is 0 Å². The first-order valence-electron chi connectivity index (χ1n) is 5.84. The van der Waals surface area contributed by atoms with Gasteiger partial charge in [-0.05, 0) is 6.07 Å². The lowest BCUT2D eigenvalue weighted by molar-refractivity contribution is -0.425. The van der Waals surface area contributed by atoms with Crippen LogP contribution in [0.2, 0.25) is 0 Å². The summed E-state index contributed by atoms with van der Waals surface area (Å²) in [4.78, 5) is 39.7. The van der Waals surface area contributed by atoms with Crippen LogP contribution in [0.25, 0.3) is 10.8 Å². The molecule has 0 aliphatic carbocycles. The summed E-state index contributed by atoms with van der Waals surface area (Å²) in [5.74, 6) is 0. The monoisotopic (exact) mass is 338 g/mol. The zero-order valence-electron chi connectivity index (χ0n) is 11.4. The largest absolute Gasteiger partial charge is 0.396 e. The van der Waals surface area contributed by atoms with E-state index in [1.54, 1.807) is 0 Å². The minimum Gasteiger partial charge on any atom is -0.396 e. The normalized spacial score (nSPS) is 10.5. The van der Waals surface area contributed by atoms with Crippen molar-refractivity contribution in [2.75, 3.05) is 11.5 Å². The van der Waals surface area contributed by atoms with Gasteiger partial charge in [-0.2, -0.15) is 0 Å². The zero-order chi connectivity index (χ0) is 18.3. The number of nitro benzene ring substituents is 4. The number of fused-ring (bicyclic) bond motifs is 1. The predicted octanol–water partition coefficient (Wildman–Crippen LogP) is 1.64. The van der Waals surface area contributed by atoms with Crippen LogP contribution in [-0.2, 0) is 0 Å². The molecule has 14 heteroatoms. The maximum absolute atomic E-state index is 11.3. The molecule has 0 aromatic heterocycles. The highest BCUT2D eigenvalue weighted by Crippen LogP contribution is 2.49. The summed E-state index contributed by atoms with van der Waals surface area (Å²) >= 11 is 0. The molecule has 0 aliphatic rings. The lowest BCUT2D eigenvalue weighted by Crippen LogP contribution is -2.07. The number of benzene rings is 2. The van der Waals surface area contributed by atoms with Crippen LogP contribution in [-0.4, -0.2) is 19.7 Å². The molecular formula is C10H6N6O8. The van der Waals surface area contributed by atoms with Gasteiger partial charge in [0, 0.05) is 11.5 Å². The lowest BCUT2D eigenvalue weighted by atomic mass is 10.0. The fourth-order valence-corrected chi connectivity index (χ4v) is 2.26. The van der Waals surface area contributed by atoms with Crippen LogP contribution in [0.15, 0.2) is 12.1 Å². The van der Waals surface area contributed by atoms with Crippen molar-refractivity contribution >= 4 is 44.9 Å². The minimum absolute atomic E-state index is 0.373. The van der Waals surface area contributed by atoms with Crippen molar-refractivity contribution in [2.24, 2.45) is 0 Å². The Morgan fingerprint density at radius 2 is 1.17 bits per heavy atom. The van der Waals surface area contributed by atoms with E-state index in [0.29, 0.717) is 6.07 Å². The second kappa shape index (κ2) is 5.27.